The zero-order valence-corrected chi connectivity index (χ0v) is 18.5. The van der Waals surface area contributed by atoms with E-state index in [2.05, 4.69) is 42.3 Å². The maximum Gasteiger partial charge on any atom is 0.225 e. The first-order chi connectivity index (χ1) is 15.3. The van der Waals surface area contributed by atoms with Crippen molar-refractivity contribution in [2.45, 2.75) is 25.9 Å². The van der Waals surface area contributed by atoms with Gasteiger partial charge in [0.15, 0.2) is 5.96 Å². The molecule has 0 amide bonds. The molecule has 2 heterocycles. The number of nitrogens with one attached hydrogen (secondary N) is 2. The normalized spacial score (nSPS) is 16.2. The van der Waals surface area contributed by atoms with Gasteiger partial charge in [-0.05, 0) is 31.4 Å². The van der Waals surface area contributed by atoms with Crippen LogP contribution in [0.25, 0.3) is 0 Å². The van der Waals surface area contributed by atoms with E-state index >= 15 is 0 Å². The van der Waals surface area contributed by atoms with E-state index in [4.69, 9.17) is 0 Å². The lowest BCUT2D eigenvalue weighted by molar-refractivity contribution is 0.168. The van der Waals surface area contributed by atoms with Crippen molar-refractivity contribution in [3.8, 4) is 0 Å². The summed E-state index contributed by atoms with van der Waals surface area (Å²) in [6, 6.07) is 11.6. The fourth-order valence-corrected chi connectivity index (χ4v) is 3.62. The molecule has 1 unspecified atom stereocenters. The monoisotopic (exact) mass is 425 g/mol. The third-order valence-electron chi connectivity index (χ3n) is 5.35. The number of hydrogen-bond donors (Lipinski definition) is 3. The summed E-state index contributed by atoms with van der Waals surface area (Å²) in [5.41, 5.74) is 0.949. The van der Waals surface area contributed by atoms with Crippen LogP contribution in [0.3, 0.4) is 0 Å². The molecule has 1 aromatic heterocycles. The number of aliphatic imine (C=N–C) groups is 1. The number of guanidine groups is 1. The van der Waals surface area contributed by atoms with Gasteiger partial charge in [-0.1, -0.05) is 30.3 Å². The SMILES string of the molecule is CCNC(=NCCCN1CCN(c2ncccn2)CC1)NCCC(O)c1ccccc1. The summed E-state index contributed by atoms with van der Waals surface area (Å²) in [7, 11) is 0. The largest absolute Gasteiger partial charge is 0.388 e. The highest BCUT2D eigenvalue weighted by molar-refractivity contribution is 5.79. The Bertz CT molecular complexity index is 764. The number of rotatable bonds is 10. The van der Waals surface area contributed by atoms with Gasteiger partial charge in [0.2, 0.25) is 5.95 Å². The maximum atomic E-state index is 10.3. The smallest absolute Gasteiger partial charge is 0.225 e. The zero-order valence-electron chi connectivity index (χ0n) is 18.5. The third-order valence-corrected chi connectivity index (χ3v) is 5.35. The molecule has 1 aliphatic heterocycles. The Morgan fingerprint density at radius 2 is 1.81 bits per heavy atom. The molecule has 0 spiro atoms. The minimum absolute atomic E-state index is 0.462. The van der Waals surface area contributed by atoms with E-state index in [1.54, 1.807) is 12.4 Å². The maximum absolute atomic E-state index is 10.3. The highest BCUT2D eigenvalue weighted by Gasteiger charge is 2.18. The van der Waals surface area contributed by atoms with Gasteiger partial charge in [0, 0.05) is 64.8 Å². The van der Waals surface area contributed by atoms with Gasteiger partial charge in [0.05, 0.1) is 6.10 Å². The summed E-state index contributed by atoms with van der Waals surface area (Å²) >= 11 is 0. The van der Waals surface area contributed by atoms with Crippen LogP contribution in [0, 0.1) is 0 Å². The van der Waals surface area contributed by atoms with Crippen LogP contribution >= 0.6 is 0 Å². The molecule has 2 aromatic rings. The van der Waals surface area contributed by atoms with Crippen LogP contribution in [0.4, 0.5) is 5.95 Å². The third kappa shape index (κ3) is 7.80. The van der Waals surface area contributed by atoms with E-state index in [0.717, 1.165) is 69.7 Å². The molecular weight excluding hydrogens is 390 g/mol. The molecule has 0 radical (unpaired) electrons. The second kappa shape index (κ2) is 12.9. The summed E-state index contributed by atoms with van der Waals surface area (Å²) < 4.78 is 0. The fraction of sp³-hybridized carbons (Fsp3) is 0.522. The average Bonchev–Trinajstić information content (AvgIpc) is 2.83. The molecule has 0 aliphatic carbocycles. The predicted octanol–water partition coefficient (Wildman–Crippen LogP) is 1.67. The lowest BCUT2D eigenvalue weighted by Gasteiger charge is -2.34. The summed E-state index contributed by atoms with van der Waals surface area (Å²) in [6.07, 6.45) is 4.79. The molecule has 1 atom stereocenters. The van der Waals surface area contributed by atoms with Crippen molar-refractivity contribution >= 4 is 11.9 Å². The van der Waals surface area contributed by atoms with Gasteiger partial charge in [0.25, 0.3) is 0 Å². The summed E-state index contributed by atoms with van der Waals surface area (Å²) in [5.74, 6) is 1.64. The fourth-order valence-electron chi connectivity index (χ4n) is 3.62. The Kier molecular flexibility index (Phi) is 9.53. The van der Waals surface area contributed by atoms with E-state index in [9.17, 15) is 5.11 Å². The predicted molar refractivity (Wildman–Crippen MR) is 125 cm³/mol. The first kappa shape index (κ1) is 23.0. The molecule has 1 fully saturated rings. The molecule has 3 rings (SSSR count). The molecule has 0 saturated carbocycles. The van der Waals surface area contributed by atoms with Crippen LogP contribution in [-0.2, 0) is 0 Å². The second-order valence-corrected chi connectivity index (χ2v) is 7.63. The van der Waals surface area contributed by atoms with E-state index in [1.807, 2.05) is 36.4 Å². The molecule has 0 bridgehead atoms. The van der Waals surface area contributed by atoms with Crippen LogP contribution < -0.4 is 15.5 Å². The Balaban J connectivity index is 1.33. The van der Waals surface area contributed by atoms with Gasteiger partial charge in [-0.2, -0.15) is 0 Å². The van der Waals surface area contributed by atoms with Crippen molar-refractivity contribution < 1.29 is 5.11 Å². The molecule has 8 nitrogen and oxygen atoms in total. The Labute approximate surface area is 185 Å². The van der Waals surface area contributed by atoms with E-state index in [1.165, 1.54) is 0 Å². The van der Waals surface area contributed by atoms with Gasteiger partial charge >= 0.3 is 0 Å². The molecule has 1 saturated heterocycles. The van der Waals surface area contributed by atoms with Crippen molar-refractivity contribution in [3.63, 3.8) is 0 Å². The van der Waals surface area contributed by atoms with Crippen LogP contribution in [0.5, 0.6) is 0 Å². The Morgan fingerprint density at radius 3 is 2.52 bits per heavy atom. The van der Waals surface area contributed by atoms with Gasteiger partial charge in [0.1, 0.15) is 0 Å². The van der Waals surface area contributed by atoms with Gasteiger partial charge in [-0.15, -0.1) is 0 Å². The Hall–Kier alpha value is -2.71. The first-order valence-electron chi connectivity index (χ1n) is 11.3. The van der Waals surface area contributed by atoms with Crippen molar-refractivity contribution in [2.24, 2.45) is 4.99 Å². The molecule has 1 aliphatic rings. The molecule has 31 heavy (non-hydrogen) atoms. The minimum atomic E-state index is -0.462. The molecule has 8 heteroatoms. The van der Waals surface area contributed by atoms with Crippen LogP contribution in [0.15, 0.2) is 53.8 Å². The Morgan fingerprint density at radius 1 is 1.06 bits per heavy atom. The average molecular weight is 426 g/mol. The van der Waals surface area contributed by atoms with Crippen molar-refractivity contribution in [2.75, 3.05) is 57.3 Å². The number of benzene rings is 1. The number of aromatic nitrogens is 2. The summed E-state index contributed by atoms with van der Waals surface area (Å²) in [5, 5.41) is 16.9. The lowest BCUT2D eigenvalue weighted by Crippen LogP contribution is -2.47. The van der Waals surface area contributed by atoms with E-state index < -0.39 is 6.10 Å². The minimum Gasteiger partial charge on any atom is -0.388 e. The summed E-state index contributed by atoms with van der Waals surface area (Å²) in [6.45, 7) is 9.34. The molecule has 1 aromatic carbocycles. The number of aliphatic hydroxyl groups is 1. The van der Waals surface area contributed by atoms with Crippen molar-refractivity contribution in [3.05, 3.63) is 54.4 Å². The van der Waals surface area contributed by atoms with E-state index in [0.29, 0.717) is 13.0 Å². The zero-order chi connectivity index (χ0) is 21.7. The molecule has 168 valence electrons. The highest BCUT2D eigenvalue weighted by Crippen LogP contribution is 2.14. The van der Waals surface area contributed by atoms with Crippen LogP contribution in [0.1, 0.15) is 31.4 Å². The standard InChI is InChI=1S/C23H35N7O/c1-2-24-22(26-14-10-21(31)20-8-4-3-5-9-20)25-13-7-15-29-16-18-30(19-17-29)23-27-11-6-12-28-23/h3-6,8-9,11-12,21,31H,2,7,10,13-19H2,1H3,(H2,24,25,26). The summed E-state index contributed by atoms with van der Waals surface area (Å²) in [4.78, 5) is 18.1. The molecular formula is C23H35N7O. The number of hydrogen-bond acceptors (Lipinski definition) is 6. The van der Waals surface area contributed by atoms with Gasteiger partial charge in [-0.3, -0.25) is 9.89 Å². The molecule has 3 N–H and O–H groups in total. The van der Waals surface area contributed by atoms with Crippen LogP contribution in [0.2, 0.25) is 0 Å². The van der Waals surface area contributed by atoms with Gasteiger partial charge in [-0.25, -0.2) is 9.97 Å². The number of piperazine rings is 1. The van der Waals surface area contributed by atoms with Crippen molar-refractivity contribution in [1.82, 2.24) is 25.5 Å². The number of nitrogens with zero attached hydrogens (tertiary/aromatic N) is 5. The lowest BCUT2D eigenvalue weighted by atomic mass is 10.1. The number of anilines is 1. The highest BCUT2D eigenvalue weighted by atomic mass is 16.3. The first-order valence-corrected chi connectivity index (χ1v) is 11.3. The quantitative estimate of drug-likeness (QED) is 0.303. The van der Waals surface area contributed by atoms with Gasteiger partial charge < -0.3 is 20.6 Å². The van der Waals surface area contributed by atoms with Crippen LogP contribution in [-0.4, -0.2) is 78.3 Å². The van der Waals surface area contributed by atoms with Crippen molar-refractivity contribution in [1.29, 1.82) is 0 Å². The van der Waals surface area contributed by atoms with E-state index in [-0.39, 0.29) is 0 Å². The topological polar surface area (TPSA) is 88.9 Å². The number of aliphatic hydroxyl groups excluding tert-OH is 1. The second-order valence-electron chi connectivity index (χ2n) is 7.63.